The standard InChI is InChI=1S/C19H14ClN3O5/c20-14-5-1-4-13(10-14)12-28-22-9-3-8-17(19(22)25)18(24)21-15-6-2-7-16(11-15)23(26)27/h1-11H,12H2,(H,21,24). The third-order valence-electron chi connectivity index (χ3n) is 3.73. The predicted octanol–water partition coefficient (Wildman–Crippen LogP) is 3.29. The van der Waals surface area contributed by atoms with E-state index in [2.05, 4.69) is 5.32 Å². The molecule has 3 rings (SSSR count). The number of nitro benzene ring substituents is 1. The van der Waals surface area contributed by atoms with Crippen LogP contribution in [-0.4, -0.2) is 15.6 Å². The van der Waals surface area contributed by atoms with Gasteiger partial charge in [-0.3, -0.25) is 19.7 Å². The molecule has 3 aromatic rings. The lowest BCUT2D eigenvalue weighted by molar-refractivity contribution is -0.384. The topological polar surface area (TPSA) is 103 Å². The first-order valence-electron chi connectivity index (χ1n) is 8.09. The van der Waals surface area contributed by atoms with Gasteiger partial charge in [0.25, 0.3) is 17.2 Å². The van der Waals surface area contributed by atoms with Gasteiger partial charge in [0, 0.05) is 29.0 Å². The average Bonchev–Trinajstić information content (AvgIpc) is 2.67. The molecule has 2 aromatic carbocycles. The lowest BCUT2D eigenvalue weighted by Crippen LogP contribution is -2.32. The SMILES string of the molecule is O=C(Nc1cccc([N+](=O)[O-])c1)c1cccn(OCc2cccc(Cl)c2)c1=O. The molecule has 28 heavy (non-hydrogen) atoms. The van der Waals surface area contributed by atoms with Crippen LogP contribution in [0.15, 0.2) is 71.7 Å². The summed E-state index contributed by atoms with van der Waals surface area (Å²) in [6.45, 7) is 0.0798. The van der Waals surface area contributed by atoms with Gasteiger partial charge in [-0.15, -0.1) is 0 Å². The molecule has 0 aliphatic heterocycles. The molecule has 8 nitrogen and oxygen atoms in total. The third-order valence-corrected chi connectivity index (χ3v) is 3.97. The van der Waals surface area contributed by atoms with E-state index >= 15 is 0 Å². The van der Waals surface area contributed by atoms with Crippen LogP contribution >= 0.6 is 11.6 Å². The van der Waals surface area contributed by atoms with E-state index in [1.54, 1.807) is 24.3 Å². The second-order valence-corrected chi connectivity index (χ2v) is 6.15. The highest BCUT2D eigenvalue weighted by atomic mass is 35.5. The summed E-state index contributed by atoms with van der Waals surface area (Å²) in [6, 6.07) is 15.2. The van der Waals surface area contributed by atoms with Crippen molar-refractivity contribution >= 4 is 28.9 Å². The van der Waals surface area contributed by atoms with Crippen molar-refractivity contribution in [2.24, 2.45) is 0 Å². The summed E-state index contributed by atoms with van der Waals surface area (Å²) < 4.78 is 0.948. The number of nitrogens with one attached hydrogen (secondary N) is 1. The Kier molecular flexibility index (Phi) is 5.71. The van der Waals surface area contributed by atoms with E-state index in [1.807, 2.05) is 0 Å². The van der Waals surface area contributed by atoms with Crippen LogP contribution in [0, 0.1) is 10.1 Å². The number of nitrogens with zero attached hydrogens (tertiary/aromatic N) is 2. The van der Waals surface area contributed by atoms with Gasteiger partial charge in [-0.1, -0.05) is 29.8 Å². The second-order valence-electron chi connectivity index (χ2n) is 5.72. The minimum absolute atomic E-state index is 0.0798. The molecule has 0 saturated heterocycles. The summed E-state index contributed by atoms with van der Waals surface area (Å²) >= 11 is 5.91. The van der Waals surface area contributed by atoms with E-state index in [0.29, 0.717) is 5.02 Å². The van der Waals surface area contributed by atoms with Crippen molar-refractivity contribution in [1.82, 2.24) is 4.73 Å². The molecule has 0 unspecified atom stereocenters. The van der Waals surface area contributed by atoms with Crippen molar-refractivity contribution in [1.29, 1.82) is 0 Å². The van der Waals surface area contributed by atoms with Crippen molar-refractivity contribution in [3.05, 3.63) is 103 Å². The zero-order valence-electron chi connectivity index (χ0n) is 14.4. The van der Waals surface area contributed by atoms with E-state index in [1.165, 1.54) is 42.6 Å². The van der Waals surface area contributed by atoms with Gasteiger partial charge >= 0.3 is 0 Å². The van der Waals surface area contributed by atoms with Crippen LogP contribution in [0.2, 0.25) is 5.02 Å². The molecule has 0 aliphatic carbocycles. The maximum Gasteiger partial charge on any atom is 0.295 e. The summed E-state index contributed by atoms with van der Waals surface area (Å²) in [5.74, 6) is -0.703. The summed E-state index contributed by atoms with van der Waals surface area (Å²) in [4.78, 5) is 40.6. The number of aromatic nitrogens is 1. The fraction of sp³-hybridized carbons (Fsp3) is 0.0526. The summed E-state index contributed by atoms with van der Waals surface area (Å²) in [7, 11) is 0. The molecule has 1 amide bonds. The van der Waals surface area contributed by atoms with Crippen molar-refractivity contribution < 1.29 is 14.6 Å². The molecule has 1 aromatic heterocycles. The number of amides is 1. The largest absolute Gasteiger partial charge is 0.406 e. The van der Waals surface area contributed by atoms with Crippen LogP contribution in [0.4, 0.5) is 11.4 Å². The second kappa shape index (κ2) is 8.36. The minimum Gasteiger partial charge on any atom is -0.406 e. The molecule has 0 atom stereocenters. The van der Waals surface area contributed by atoms with Gasteiger partial charge in [0.05, 0.1) is 4.92 Å². The normalized spacial score (nSPS) is 10.3. The Morgan fingerprint density at radius 3 is 2.68 bits per heavy atom. The van der Waals surface area contributed by atoms with Gasteiger partial charge in [-0.05, 0) is 35.9 Å². The molecule has 0 spiro atoms. The lowest BCUT2D eigenvalue weighted by Gasteiger charge is -2.10. The first-order valence-corrected chi connectivity index (χ1v) is 8.47. The molecule has 0 aliphatic rings. The Labute approximate surface area is 164 Å². The summed E-state index contributed by atoms with van der Waals surface area (Å²) in [5.41, 5.74) is -0.0413. The van der Waals surface area contributed by atoms with Crippen LogP contribution in [0.25, 0.3) is 0 Å². The maximum absolute atomic E-state index is 12.5. The highest BCUT2D eigenvalue weighted by molar-refractivity contribution is 6.30. The monoisotopic (exact) mass is 399 g/mol. The van der Waals surface area contributed by atoms with Gasteiger partial charge in [0.2, 0.25) is 0 Å². The first-order chi connectivity index (χ1) is 13.4. The maximum atomic E-state index is 12.5. The Balaban J connectivity index is 1.76. The molecular formula is C19H14ClN3O5. The van der Waals surface area contributed by atoms with E-state index in [-0.39, 0.29) is 23.5 Å². The number of halogens is 1. The molecule has 0 radical (unpaired) electrons. The van der Waals surface area contributed by atoms with E-state index in [9.17, 15) is 19.7 Å². The number of hydrogen-bond acceptors (Lipinski definition) is 5. The van der Waals surface area contributed by atoms with Crippen molar-refractivity contribution in [2.45, 2.75) is 6.61 Å². The van der Waals surface area contributed by atoms with Crippen LogP contribution in [-0.2, 0) is 6.61 Å². The fourth-order valence-electron chi connectivity index (χ4n) is 2.42. The number of pyridine rings is 1. The van der Waals surface area contributed by atoms with Gasteiger partial charge < -0.3 is 10.2 Å². The highest BCUT2D eigenvalue weighted by Crippen LogP contribution is 2.17. The number of non-ortho nitro benzene ring substituents is 1. The third kappa shape index (κ3) is 4.54. The van der Waals surface area contributed by atoms with Gasteiger partial charge in [0.15, 0.2) is 0 Å². The molecule has 142 valence electrons. The van der Waals surface area contributed by atoms with E-state index in [0.717, 1.165) is 10.3 Å². The molecule has 0 fully saturated rings. The molecule has 9 heteroatoms. The molecule has 1 heterocycles. The van der Waals surface area contributed by atoms with Gasteiger partial charge in [0.1, 0.15) is 12.2 Å². The number of carbonyl (C=O) groups is 1. The zero-order valence-corrected chi connectivity index (χ0v) is 15.1. The molecular weight excluding hydrogens is 386 g/mol. The van der Waals surface area contributed by atoms with E-state index < -0.39 is 16.4 Å². The van der Waals surface area contributed by atoms with Crippen LogP contribution < -0.4 is 15.7 Å². The van der Waals surface area contributed by atoms with Gasteiger partial charge in [-0.2, -0.15) is 4.73 Å². The Bertz CT molecular complexity index is 1100. The minimum atomic E-state index is -0.703. The zero-order chi connectivity index (χ0) is 20.1. The average molecular weight is 400 g/mol. The smallest absolute Gasteiger partial charge is 0.295 e. The van der Waals surface area contributed by atoms with Gasteiger partial charge in [-0.25, -0.2) is 0 Å². The molecule has 0 bridgehead atoms. The van der Waals surface area contributed by atoms with E-state index in [4.69, 9.17) is 16.4 Å². The summed E-state index contributed by atoms with van der Waals surface area (Å²) in [5, 5.41) is 13.8. The van der Waals surface area contributed by atoms with Crippen molar-refractivity contribution in [2.75, 3.05) is 5.32 Å². The van der Waals surface area contributed by atoms with Crippen molar-refractivity contribution in [3.8, 4) is 0 Å². The summed E-state index contributed by atoms with van der Waals surface area (Å²) in [6.07, 6.45) is 1.39. The number of rotatable bonds is 6. The van der Waals surface area contributed by atoms with Crippen LogP contribution in [0.5, 0.6) is 0 Å². The highest BCUT2D eigenvalue weighted by Gasteiger charge is 2.14. The van der Waals surface area contributed by atoms with Crippen LogP contribution in [0.3, 0.4) is 0 Å². The lowest BCUT2D eigenvalue weighted by atomic mass is 10.2. The number of nitro groups is 1. The fourth-order valence-corrected chi connectivity index (χ4v) is 2.63. The molecule has 1 N–H and O–H groups in total. The Morgan fingerprint density at radius 2 is 1.93 bits per heavy atom. The number of benzene rings is 2. The first kappa shape index (κ1) is 19.1. The predicted molar refractivity (Wildman–Crippen MR) is 103 cm³/mol. The quantitative estimate of drug-likeness (QED) is 0.506. The Morgan fingerprint density at radius 1 is 1.14 bits per heavy atom. The van der Waals surface area contributed by atoms with Crippen LogP contribution in [0.1, 0.15) is 15.9 Å². The Hall–Kier alpha value is -3.65. The number of carbonyl (C=O) groups excluding carboxylic acids is 1. The van der Waals surface area contributed by atoms with Crippen molar-refractivity contribution in [3.63, 3.8) is 0 Å². The molecule has 0 saturated carbocycles. The number of hydrogen-bond donors (Lipinski definition) is 1. The number of anilines is 1.